The number of carboxylic acids is 1. The highest BCUT2D eigenvalue weighted by atomic mass is 32.2. The number of nitrogens with one attached hydrogen (secondary N) is 1. The molecule has 2 aromatic heterocycles. The lowest BCUT2D eigenvalue weighted by molar-refractivity contribution is -0.192. The van der Waals surface area contributed by atoms with E-state index in [0.717, 1.165) is 27.1 Å². The molecule has 0 spiro atoms. The molecule has 0 aliphatic rings. The minimum absolute atomic E-state index is 0.175. The van der Waals surface area contributed by atoms with E-state index >= 15 is 0 Å². The summed E-state index contributed by atoms with van der Waals surface area (Å²) in [5.74, 6) is -2.58. The van der Waals surface area contributed by atoms with Gasteiger partial charge < -0.3 is 10.8 Å². The first-order chi connectivity index (χ1) is 17.0. The van der Waals surface area contributed by atoms with Gasteiger partial charge in [0.15, 0.2) is 9.84 Å². The maximum atomic E-state index is 12.9. The van der Waals surface area contributed by atoms with Crippen LogP contribution in [0.1, 0.15) is 16.3 Å². The molecule has 0 radical (unpaired) electrons. The smallest absolute Gasteiger partial charge is 0.475 e. The van der Waals surface area contributed by atoms with Crippen LogP contribution in [0.15, 0.2) is 51.7 Å². The Morgan fingerprint density at radius 1 is 1.22 bits per heavy atom. The Morgan fingerprint density at radius 2 is 1.78 bits per heavy atom. The quantitative estimate of drug-likeness (QED) is 0.370. The average molecular weight is 569 g/mol. The van der Waals surface area contributed by atoms with E-state index in [0.29, 0.717) is 0 Å². The zero-order valence-corrected chi connectivity index (χ0v) is 20.9. The lowest BCUT2D eigenvalue weighted by Gasteiger charge is -2.06. The number of halogens is 5. The van der Waals surface area contributed by atoms with E-state index < -0.39 is 33.8 Å². The van der Waals surface area contributed by atoms with E-state index in [2.05, 4.69) is 10.2 Å². The molecule has 3 rings (SSSR count). The lowest BCUT2D eigenvalue weighted by atomic mass is 10.1. The highest BCUT2D eigenvalue weighted by Crippen LogP contribution is 2.32. The van der Waals surface area contributed by atoms with E-state index in [-0.39, 0.29) is 35.8 Å². The van der Waals surface area contributed by atoms with Crippen LogP contribution >= 0.6 is 11.3 Å². The maximum absolute atomic E-state index is 12.9. The fraction of sp³-hybridized carbons (Fsp3) is 0.286. The molecule has 0 atom stereocenters. The lowest BCUT2D eigenvalue weighted by Crippen LogP contribution is -2.21. The Balaban J connectivity index is 0.000000604. The second kappa shape index (κ2) is 11.8. The number of thiophene rings is 1. The summed E-state index contributed by atoms with van der Waals surface area (Å²) in [5.41, 5.74) is 6.36. The van der Waals surface area contributed by atoms with Crippen molar-refractivity contribution in [1.29, 1.82) is 0 Å². The Labute approximate surface area is 211 Å². The van der Waals surface area contributed by atoms with Crippen LogP contribution in [0.3, 0.4) is 0 Å². The van der Waals surface area contributed by atoms with Crippen LogP contribution in [-0.4, -0.2) is 53.2 Å². The molecule has 0 aliphatic heterocycles. The van der Waals surface area contributed by atoms with Gasteiger partial charge in [-0.2, -0.15) is 27.1 Å². The number of H-pyrrole nitrogens is 1. The number of sulfone groups is 1. The zero-order chi connectivity index (χ0) is 28.1. The molecule has 1 aromatic carbocycles. The van der Waals surface area contributed by atoms with Crippen molar-refractivity contribution in [3.8, 4) is 10.4 Å². The second-order valence-corrected chi connectivity index (χ2v) is 10.7. The molecule has 0 unspecified atom stereocenters. The van der Waals surface area contributed by atoms with Crippen LogP contribution in [0.5, 0.6) is 0 Å². The molecule has 0 fully saturated rings. The van der Waals surface area contributed by atoms with Gasteiger partial charge in [0.1, 0.15) is 5.82 Å². The van der Waals surface area contributed by atoms with Gasteiger partial charge in [-0.05, 0) is 36.2 Å². The molecule has 16 heteroatoms. The number of carboxylic acid groups (broad SMARTS) is 1. The molecule has 4 N–H and O–H groups in total. The number of hydrogen-bond donors (Lipinski definition) is 3. The molecule has 3 aromatic rings. The fourth-order valence-corrected chi connectivity index (χ4v) is 4.68. The van der Waals surface area contributed by atoms with Gasteiger partial charge >= 0.3 is 17.8 Å². The number of nitrogens with two attached hydrogens (primary N) is 1. The van der Waals surface area contributed by atoms with Crippen molar-refractivity contribution in [3.63, 3.8) is 0 Å². The number of aliphatic carboxylic acids is 1. The standard InChI is InChI=1S/C19H20F2N4O3S2.C2HF3O2/c1-11-7-15(12-3-5-14(6-4-12)30(2,27)28)29-16(11)10-25-17(23-24-19(25)26)8-13(9-22)18(20)21;3-2(4,5)1(6)7/h3-7H,8-10,22H2,1-2H3,(H,24,26);(H,6,7). The Bertz CT molecular complexity index is 1450. The molecule has 0 saturated heterocycles. The summed E-state index contributed by atoms with van der Waals surface area (Å²) in [6.45, 7) is 1.74. The van der Waals surface area contributed by atoms with Crippen molar-refractivity contribution >= 4 is 27.1 Å². The predicted molar refractivity (Wildman–Crippen MR) is 125 cm³/mol. The number of rotatable bonds is 7. The average Bonchev–Trinajstić information content (AvgIpc) is 3.33. The van der Waals surface area contributed by atoms with Crippen LogP contribution in [0.4, 0.5) is 22.0 Å². The molecule has 0 aliphatic carbocycles. The summed E-state index contributed by atoms with van der Waals surface area (Å²) in [6.07, 6.45) is -6.02. The summed E-state index contributed by atoms with van der Waals surface area (Å²) < 4.78 is 82.2. The molecule has 0 amide bonds. The Hall–Kier alpha value is -3.37. The minimum atomic E-state index is -5.08. The van der Waals surface area contributed by atoms with Gasteiger partial charge in [-0.15, -0.1) is 11.3 Å². The van der Waals surface area contributed by atoms with Gasteiger partial charge in [-0.3, -0.25) is 4.57 Å². The summed E-state index contributed by atoms with van der Waals surface area (Å²) in [6, 6.07) is 8.48. The highest BCUT2D eigenvalue weighted by Gasteiger charge is 2.38. The Kier molecular flexibility index (Phi) is 9.51. The van der Waals surface area contributed by atoms with Crippen LogP contribution < -0.4 is 11.4 Å². The number of benzene rings is 1. The van der Waals surface area contributed by atoms with E-state index in [9.17, 15) is 35.2 Å². The Morgan fingerprint density at radius 3 is 2.24 bits per heavy atom. The zero-order valence-electron chi connectivity index (χ0n) is 19.3. The SMILES string of the molecule is Cc1cc(-c2ccc(S(C)(=O)=O)cc2)sc1Cn1c(CC(CN)=C(F)F)n[nH]c1=O.O=C(O)C(F)(F)F. The van der Waals surface area contributed by atoms with Gasteiger partial charge in [0.05, 0.1) is 11.4 Å². The summed E-state index contributed by atoms with van der Waals surface area (Å²) in [5, 5.41) is 13.3. The van der Waals surface area contributed by atoms with Gasteiger partial charge in [0.2, 0.25) is 0 Å². The maximum Gasteiger partial charge on any atom is 0.490 e. The monoisotopic (exact) mass is 568 g/mol. The number of carbonyl (C=O) groups is 1. The molecule has 202 valence electrons. The molecule has 37 heavy (non-hydrogen) atoms. The van der Waals surface area contributed by atoms with Crippen molar-refractivity contribution in [3.05, 3.63) is 68.7 Å². The van der Waals surface area contributed by atoms with Crippen LogP contribution in [0.2, 0.25) is 0 Å². The van der Waals surface area contributed by atoms with Crippen molar-refractivity contribution in [2.24, 2.45) is 5.73 Å². The van der Waals surface area contributed by atoms with Gasteiger partial charge in [-0.1, -0.05) is 12.1 Å². The summed E-state index contributed by atoms with van der Waals surface area (Å²) in [4.78, 5) is 23.1. The van der Waals surface area contributed by atoms with Crippen molar-refractivity contribution < 1.29 is 40.3 Å². The number of hydrogen-bond acceptors (Lipinski definition) is 7. The largest absolute Gasteiger partial charge is 0.490 e. The normalized spacial score (nSPS) is 11.6. The molecule has 9 nitrogen and oxygen atoms in total. The first kappa shape index (κ1) is 29.9. The van der Waals surface area contributed by atoms with Crippen LogP contribution in [0, 0.1) is 6.92 Å². The number of aromatic amines is 1. The highest BCUT2D eigenvalue weighted by molar-refractivity contribution is 7.90. The van der Waals surface area contributed by atoms with E-state index in [4.69, 9.17) is 15.6 Å². The van der Waals surface area contributed by atoms with Crippen LogP contribution in [0.25, 0.3) is 10.4 Å². The van der Waals surface area contributed by atoms with Gasteiger partial charge in [0, 0.05) is 34.5 Å². The predicted octanol–water partition coefficient (Wildman–Crippen LogP) is 3.35. The van der Waals surface area contributed by atoms with E-state index in [1.807, 2.05) is 13.0 Å². The number of aryl methyl sites for hydroxylation is 1. The van der Waals surface area contributed by atoms with Gasteiger partial charge in [-0.25, -0.2) is 23.1 Å². The third kappa shape index (κ3) is 8.06. The number of nitrogens with zero attached hydrogens (tertiary/aromatic N) is 2. The topological polar surface area (TPSA) is 148 Å². The third-order valence-electron chi connectivity index (χ3n) is 4.85. The fourth-order valence-electron chi connectivity index (χ4n) is 2.88. The molecule has 0 bridgehead atoms. The van der Waals surface area contributed by atoms with Crippen molar-refractivity contribution in [2.75, 3.05) is 12.8 Å². The first-order valence-electron chi connectivity index (χ1n) is 10.1. The second-order valence-electron chi connectivity index (χ2n) is 7.59. The number of alkyl halides is 3. The summed E-state index contributed by atoms with van der Waals surface area (Å²) >= 11 is 1.44. The summed E-state index contributed by atoms with van der Waals surface area (Å²) in [7, 11) is -3.28. The first-order valence-corrected chi connectivity index (χ1v) is 12.8. The van der Waals surface area contributed by atoms with Crippen molar-refractivity contribution in [1.82, 2.24) is 14.8 Å². The van der Waals surface area contributed by atoms with Gasteiger partial charge in [0.25, 0.3) is 6.08 Å². The molecular formula is C21H21F5N4O5S2. The minimum Gasteiger partial charge on any atom is -0.475 e. The molecule has 0 saturated carbocycles. The van der Waals surface area contributed by atoms with Crippen molar-refractivity contribution in [2.45, 2.75) is 31.0 Å². The number of aromatic nitrogens is 3. The molecular weight excluding hydrogens is 547 g/mol. The van der Waals surface area contributed by atoms with E-state index in [1.165, 1.54) is 15.9 Å². The van der Waals surface area contributed by atoms with Crippen LogP contribution in [-0.2, 0) is 27.6 Å². The van der Waals surface area contributed by atoms with E-state index in [1.54, 1.807) is 24.3 Å². The third-order valence-corrected chi connectivity index (χ3v) is 7.25. The molecule has 2 heterocycles.